The number of hydrogen-bond donors (Lipinski definition) is 1. The molecule has 0 unspecified atom stereocenters. The van der Waals surface area contributed by atoms with E-state index in [0.29, 0.717) is 19.4 Å². The number of imidazole rings is 1. The van der Waals surface area contributed by atoms with Crippen LogP contribution in [0.1, 0.15) is 17.8 Å². The second-order valence-electron chi connectivity index (χ2n) is 4.91. The zero-order valence-corrected chi connectivity index (χ0v) is 12.3. The molecule has 1 N–H and O–H groups in total. The molecule has 4 nitrogen and oxygen atoms in total. The first kappa shape index (κ1) is 14.0. The smallest absolute Gasteiger partial charge is 0.159 e. The topological polar surface area (TPSA) is 50.9 Å². The van der Waals surface area contributed by atoms with Crippen molar-refractivity contribution < 1.29 is 5.11 Å². The number of aryl methyl sites for hydroxylation is 1. The molecule has 0 saturated carbocycles. The zero-order chi connectivity index (χ0) is 14.7. The van der Waals surface area contributed by atoms with Crippen LogP contribution in [0.4, 0.5) is 0 Å². The van der Waals surface area contributed by atoms with E-state index in [1.807, 2.05) is 36.4 Å². The van der Waals surface area contributed by atoms with Crippen LogP contribution in [0.15, 0.2) is 42.6 Å². The second kappa shape index (κ2) is 6.24. The first-order chi connectivity index (χ1) is 10.3. The average molecular weight is 302 g/mol. The highest BCUT2D eigenvalue weighted by molar-refractivity contribution is 6.30. The number of rotatable bonds is 5. The molecule has 1 aromatic carbocycles. The zero-order valence-electron chi connectivity index (χ0n) is 11.5. The fourth-order valence-corrected chi connectivity index (χ4v) is 2.65. The molecule has 21 heavy (non-hydrogen) atoms. The van der Waals surface area contributed by atoms with Crippen molar-refractivity contribution in [2.45, 2.75) is 19.4 Å². The molecule has 0 aliphatic carbocycles. The van der Waals surface area contributed by atoms with Gasteiger partial charge in [-0.3, -0.25) is 0 Å². The van der Waals surface area contributed by atoms with Crippen molar-refractivity contribution in [1.82, 2.24) is 14.5 Å². The maximum Gasteiger partial charge on any atom is 0.159 e. The molecule has 3 rings (SSSR count). The van der Waals surface area contributed by atoms with Crippen molar-refractivity contribution in [3.63, 3.8) is 0 Å². The lowest BCUT2D eigenvalue weighted by Crippen LogP contribution is -2.07. The minimum atomic E-state index is 0.156. The van der Waals surface area contributed by atoms with Gasteiger partial charge in [0.1, 0.15) is 11.3 Å². The summed E-state index contributed by atoms with van der Waals surface area (Å²) in [7, 11) is 0. The summed E-state index contributed by atoms with van der Waals surface area (Å²) in [4.78, 5) is 9.07. The number of nitrogens with zero attached hydrogens (tertiary/aromatic N) is 3. The predicted octanol–water partition coefficient (Wildman–Crippen LogP) is 3.06. The van der Waals surface area contributed by atoms with Gasteiger partial charge in [0.25, 0.3) is 0 Å². The molecule has 0 aliphatic rings. The van der Waals surface area contributed by atoms with Crippen LogP contribution < -0.4 is 0 Å². The molecule has 2 aromatic heterocycles. The Labute approximate surface area is 128 Å². The number of fused-ring (bicyclic) bond motifs is 1. The van der Waals surface area contributed by atoms with Crippen LogP contribution in [0.25, 0.3) is 11.2 Å². The van der Waals surface area contributed by atoms with Crippen LogP contribution in [0.5, 0.6) is 0 Å². The summed E-state index contributed by atoms with van der Waals surface area (Å²) in [5.74, 6) is 0.944. The summed E-state index contributed by atoms with van der Waals surface area (Å²) in [6.07, 6.45) is 3.15. The number of pyridine rings is 1. The highest BCUT2D eigenvalue weighted by Crippen LogP contribution is 2.19. The molecule has 0 fully saturated rings. The molecule has 0 bridgehead atoms. The number of benzene rings is 1. The van der Waals surface area contributed by atoms with Gasteiger partial charge in [0.2, 0.25) is 0 Å². The summed E-state index contributed by atoms with van der Waals surface area (Å²) in [6, 6.07) is 11.6. The summed E-state index contributed by atoms with van der Waals surface area (Å²) in [5.41, 5.74) is 2.86. The lowest BCUT2D eigenvalue weighted by Gasteiger charge is -2.08. The van der Waals surface area contributed by atoms with Gasteiger partial charge in [-0.1, -0.05) is 23.7 Å². The Hall–Kier alpha value is -1.91. The molecule has 3 aromatic rings. The van der Waals surface area contributed by atoms with E-state index in [-0.39, 0.29) is 6.61 Å². The Morgan fingerprint density at radius 2 is 2.10 bits per heavy atom. The minimum absolute atomic E-state index is 0.156. The van der Waals surface area contributed by atoms with Crippen LogP contribution >= 0.6 is 11.6 Å². The number of halogens is 1. The van der Waals surface area contributed by atoms with Gasteiger partial charge >= 0.3 is 0 Å². The Bertz CT molecular complexity index is 754. The van der Waals surface area contributed by atoms with E-state index in [2.05, 4.69) is 14.5 Å². The number of aliphatic hydroxyl groups is 1. The monoisotopic (exact) mass is 301 g/mol. The van der Waals surface area contributed by atoms with Gasteiger partial charge < -0.3 is 9.67 Å². The van der Waals surface area contributed by atoms with E-state index in [1.54, 1.807) is 6.20 Å². The molecular formula is C16H16ClN3O. The highest BCUT2D eigenvalue weighted by Gasteiger charge is 2.11. The van der Waals surface area contributed by atoms with Crippen LogP contribution in [0.3, 0.4) is 0 Å². The lowest BCUT2D eigenvalue weighted by atomic mass is 10.1. The molecule has 0 spiro atoms. The maximum atomic E-state index is 9.08. The van der Waals surface area contributed by atoms with E-state index in [1.165, 1.54) is 0 Å². The van der Waals surface area contributed by atoms with Gasteiger partial charge in [-0.15, -0.1) is 0 Å². The van der Waals surface area contributed by atoms with E-state index in [0.717, 1.165) is 27.6 Å². The molecule has 0 saturated heterocycles. The largest absolute Gasteiger partial charge is 0.396 e. The van der Waals surface area contributed by atoms with Gasteiger partial charge in [0, 0.05) is 30.8 Å². The number of aliphatic hydroxyl groups excluding tert-OH is 1. The quantitative estimate of drug-likeness (QED) is 0.788. The van der Waals surface area contributed by atoms with Crippen molar-refractivity contribution in [2.24, 2.45) is 0 Å². The van der Waals surface area contributed by atoms with Crippen molar-refractivity contribution >= 4 is 22.8 Å². The summed E-state index contributed by atoms with van der Waals surface area (Å²) < 4.78 is 2.08. The maximum absolute atomic E-state index is 9.08. The van der Waals surface area contributed by atoms with Crippen LogP contribution in [-0.2, 0) is 13.0 Å². The Balaban J connectivity index is 2.00. The first-order valence-electron chi connectivity index (χ1n) is 6.93. The second-order valence-corrected chi connectivity index (χ2v) is 5.35. The predicted molar refractivity (Wildman–Crippen MR) is 83.5 cm³/mol. The standard InChI is InChI=1S/C16H16ClN3O/c17-13-5-1-4-12(10-13)11-15-19-14-6-2-7-18-16(14)20(15)8-3-9-21/h1-2,4-7,10,21H,3,8-9,11H2. The van der Waals surface area contributed by atoms with E-state index >= 15 is 0 Å². The molecule has 0 amide bonds. The van der Waals surface area contributed by atoms with E-state index in [4.69, 9.17) is 16.7 Å². The van der Waals surface area contributed by atoms with Gasteiger partial charge in [0.15, 0.2) is 5.65 Å². The molecule has 0 atom stereocenters. The van der Waals surface area contributed by atoms with Crippen molar-refractivity contribution in [1.29, 1.82) is 0 Å². The third-order valence-electron chi connectivity index (χ3n) is 3.37. The first-order valence-corrected chi connectivity index (χ1v) is 7.31. The Morgan fingerprint density at radius 1 is 1.19 bits per heavy atom. The van der Waals surface area contributed by atoms with E-state index in [9.17, 15) is 0 Å². The SMILES string of the molecule is OCCCn1c(Cc2cccc(Cl)c2)nc2cccnc21. The third-order valence-corrected chi connectivity index (χ3v) is 3.61. The molecular weight excluding hydrogens is 286 g/mol. The van der Waals surface area contributed by atoms with Gasteiger partial charge in [0.05, 0.1) is 0 Å². The van der Waals surface area contributed by atoms with Crippen LogP contribution in [0, 0.1) is 0 Å². The van der Waals surface area contributed by atoms with Crippen molar-refractivity contribution in [3.05, 3.63) is 59.0 Å². The van der Waals surface area contributed by atoms with Gasteiger partial charge in [-0.2, -0.15) is 0 Å². The lowest BCUT2D eigenvalue weighted by molar-refractivity contribution is 0.280. The molecule has 108 valence electrons. The third kappa shape index (κ3) is 3.06. The van der Waals surface area contributed by atoms with Gasteiger partial charge in [-0.05, 0) is 36.2 Å². The minimum Gasteiger partial charge on any atom is -0.396 e. The van der Waals surface area contributed by atoms with E-state index < -0.39 is 0 Å². The van der Waals surface area contributed by atoms with Crippen molar-refractivity contribution in [3.8, 4) is 0 Å². The normalized spacial score (nSPS) is 11.1. The molecule has 0 aliphatic heterocycles. The molecule has 0 radical (unpaired) electrons. The highest BCUT2D eigenvalue weighted by atomic mass is 35.5. The summed E-state index contributed by atoms with van der Waals surface area (Å²) >= 11 is 6.04. The molecule has 5 heteroatoms. The van der Waals surface area contributed by atoms with Crippen molar-refractivity contribution in [2.75, 3.05) is 6.61 Å². The fourth-order valence-electron chi connectivity index (χ4n) is 2.43. The number of aromatic nitrogens is 3. The van der Waals surface area contributed by atoms with Crippen LogP contribution in [0.2, 0.25) is 5.02 Å². The summed E-state index contributed by atoms with van der Waals surface area (Å²) in [5, 5.41) is 9.81. The van der Waals surface area contributed by atoms with Gasteiger partial charge in [-0.25, -0.2) is 9.97 Å². The van der Waals surface area contributed by atoms with Crippen LogP contribution in [-0.4, -0.2) is 26.2 Å². The Kier molecular flexibility index (Phi) is 4.18. The Morgan fingerprint density at radius 3 is 2.90 bits per heavy atom. The molecule has 2 heterocycles. The average Bonchev–Trinajstić information content (AvgIpc) is 2.82. The number of hydrogen-bond acceptors (Lipinski definition) is 3. The fraction of sp³-hybridized carbons (Fsp3) is 0.250. The summed E-state index contributed by atoms with van der Waals surface area (Å²) in [6.45, 7) is 0.864.